The van der Waals surface area contributed by atoms with Crippen molar-refractivity contribution in [3.05, 3.63) is 12.7 Å². The number of hydrogen-bond donors (Lipinski definition) is 1. The van der Waals surface area contributed by atoms with Crippen LogP contribution in [0.5, 0.6) is 0 Å². The first-order chi connectivity index (χ1) is 3.69. The molecule has 0 aliphatic heterocycles. The van der Waals surface area contributed by atoms with E-state index < -0.39 is 0 Å². The highest BCUT2D eigenvalue weighted by Gasteiger charge is 2.41. The van der Waals surface area contributed by atoms with Crippen molar-refractivity contribution in [2.45, 2.75) is 25.3 Å². The fourth-order valence-corrected chi connectivity index (χ4v) is 0.834. The summed E-state index contributed by atoms with van der Waals surface area (Å²) in [7, 11) is 0. The molecule has 1 aliphatic rings. The third-order valence-corrected chi connectivity index (χ3v) is 2.09. The number of nitrogens with two attached hydrogens (primary N) is 1. The molecule has 0 bridgehead atoms. The van der Waals surface area contributed by atoms with Crippen LogP contribution in [0.4, 0.5) is 0 Å². The molecule has 0 aromatic heterocycles. The highest BCUT2D eigenvalue weighted by Crippen LogP contribution is 2.39. The molecule has 0 spiro atoms. The summed E-state index contributed by atoms with van der Waals surface area (Å²) in [5.41, 5.74) is 5.97. The lowest BCUT2D eigenvalue weighted by atomic mass is 10.0. The Kier molecular flexibility index (Phi) is 1.16. The molecular formula is C7H13N. The first kappa shape index (κ1) is 5.83. The smallest absolute Gasteiger partial charge is 0.0216 e. The zero-order valence-corrected chi connectivity index (χ0v) is 5.35. The molecule has 0 aromatic rings. The Morgan fingerprint density at radius 2 is 2.25 bits per heavy atom. The molecule has 1 heteroatoms. The second kappa shape index (κ2) is 1.59. The van der Waals surface area contributed by atoms with Gasteiger partial charge < -0.3 is 5.73 Å². The lowest BCUT2D eigenvalue weighted by Crippen LogP contribution is -2.28. The summed E-state index contributed by atoms with van der Waals surface area (Å²) in [6, 6.07) is 0. The van der Waals surface area contributed by atoms with Gasteiger partial charge in [0.15, 0.2) is 0 Å². The van der Waals surface area contributed by atoms with Gasteiger partial charge in [-0.2, -0.15) is 0 Å². The van der Waals surface area contributed by atoms with E-state index in [1.165, 1.54) is 12.8 Å². The zero-order chi connectivity index (χ0) is 6.20. The Morgan fingerprint density at radius 3 is 2.38 bits per heavy atom. The highest BCUT2D eigenvalue weighted by molar-refractivity contribution is 5.07. The zero-order valence-electron chi connectivity index (χ0n) is 5.35. The van der Waals surface area contributed by atoms with Crippen LogP contribution in [-0.4, -0.2) is 5.54 Å². The minimum Gasteiger partial charge on any atom is -0.325 e. The SMILES string of the molecule is C=CC(C)C1(N)CC1. The molecule has 1 saturated carbocycles. The molecule has 8 heavy (non-hydrogen) atoms. The Bertz CT molecular complexity index is 103. The van der Waals surface area contributed by atoms with Crippen molar-refractivity contribution in [3.8, 4) is 0 Å². The van der Waals surface area contributed by atoms with Gasteiger partial charge in [-0.25, -0.2) is 0 Å². The molecule has 0 aromatic carbocycles. The Morgan fingerprint density at radius 1 is 1.75 bits per heavy atom. The van der Waals surface area contributed by atoms with Crippen LogP contribution in [0.2, 0.25) is 0 Å². The van der Waals surface area contributed by atoms with Crippen LogP contribution in [0.1, 0.15) is 19.8 Å². The standard InChI is InChI=1S/C7H13N/c1-3-6(2)7(8)4-5-7/h3,6H,1,4-5,8H2,2H3. The monoisotopic (exact) mass is 111 g/mol. The van der Waals surface area contributed by atoms with Crippen LogP contribution in [0.15, 0.2) is 12.7 Å². The fourth-order valence-electron chi connectivity index (χ4n) is 0.834. The third kappa shape index (κ3) is 0.781. The maximum Gasteiger partial charge on any atom is 0.0216 e. The van der Waals surface area contributed by atoms with E-state index in [2.05, 4.69) is 13.5 Å². The molecule has 0 saturated heterocycles. The molecule has 46 valence electrons. The first-order valence-corrected chi connectivity index (χ1v) is 3.10. The van der Waals surface area contributed by atoms with E-state index >= 15 is 0 Å². The van der Waals surface area contributed by atoms with Crippen molar-refractivity contribution in [3.63, 3.8) is 0 Å². The highest BCUT2D eigenvalue weighted by atomic mass is 14.8. The van der Waals surface area contributed by atoms with Crippen molar-refractivity contribution >= 4 is 0 Å². The largest absolute Gasteiger partial charge is 0.325 e. The van der Waals surface area contributed by atoms with Crippen molar-refractivity contribution in [2.24, 2.45) is 11.7 Å². The topological polar surface area (TPSA) is 26.0 Å². The molecule has 2 N–H and O–H groups in total. The van der Waals surface area contributed by atoms with E-state index in [0.717, 1.165) is 0 Å². The van der Waals surface area contributed by atoms with E-state index in [-0.39, 0.29) is 5.54 Å². The van der Waals surface area contributed by atoms with Crippen LogP contribution in [0.25, 0.3) is 0 Å². The van der Waals surface area contributed by atoms with Crippen molar-refractivity contribution in [2.75, 3.05) is 0 Å². The molecule has 0 radical (unpaired) electrons. The number of rotatable bonds is 2. The summed E-state index contributed by atoms with van der Waals surface area (Å²) in [6.45, 7) is 5.81. The van der Waals surface area contributed by atoms with E-state index in [0.29, 0.717) is 5.92 Å². The molecule has 1 nitrogen and oxygen atoms in total. The van der Waals surface area contributed by atoms with E-state index in [1.807, 2.05) is 6.08 Å². The quantitative estimate of drug-likeness (QED) is 0.534. The Balaban J connectivity index is 2.45. The number of hydrogen-bond acceptors (Lipinski definition) is 1. The minimum atomic E-state index is 0.141. The van der Waals surface area contributed by atoms with Gasteiger partial charge in [0.1, 0.15) is 0 Å². The van der Waals surface area contributed by atoms with Gasteiger partial charge >= 0.3 is 0 Å². The first-order valence-electron chi connectivity index (χ1n) is 3.10. The van der Waals surface area contributed by atoms with Gasteiger partial charge in [-0.1, -0.05) is 13.0 Å². The lowest BCUT2D eigenvalue weighted by molar-refractivity contribution is 0.528. The van der Waals surface area contributed by atoms with Crippen LogP contribution in [0, 0.1) is 5.92 Å². The molecule has 1 rings (SSSR count). The molecule has 1 aliphatic carbocycles. The van der Waals surface area contributed by atoms with Gasteiger partial charge in [0, 0.05) is 5.54 Å². The predicted octanol–water partition coefficient (Wildman–Crippen LogP) is 1.30. The third-order valence-electron chi connectivity index (χ3n) is 2.09. The van der Waals surface area contributed by atoms with Gasteiger partial charge in [-0.15, -0.1) is 6.58 Å². The summed E-state index contributed by atoms with van der Waals surface area (Å²) < 4.78 is 0. The van der Waals surface area contributed by atoms with Gasteiger partial charge in [-0.3, -0.25) is 0 Å². The lowest BCUT2D eigenvalue weighted by Gasteiger charge is -2.12. The predicted molar refractivity (Wildman–Crippen MR) is 35.5 cm³/mol. The second-order valence-corrected chi connectivity index (χ2v) is 2.76. The van der Waals surface area contributed by atoms with Crippen LogP contribution >= 0.6 is 0 Å². The van der Waals surface area contributed by atoms with Crippen LogP contribution < -0.4 is 5.73 Å². The van der Waals surface area contributed by atoms with Crippen LogP contribution in [0.3, 0.4) is 0 Å². The summed E-state index contributed by atoms with van der Waals surface area (Å²) in [4.78, 5) is 0. The minimum absolute atomic E-state index is 0.141. The maximum atomic E-state index is 5.83. The van der Waals surface area contributed by atoms with E-state index in [9.17, 15) is 0 Å². The Hall–Kier alpha value is -0.300. The van der Waals surface area contributed by atoms with Crippen molar-refractivity contribution in [1.82, 2.24) is 0 Å². The normalized spacial score (nSPS) is 26.8. The molecule has 1 fully saturated rings. The molecule has 1 unspecified atom stereocenters. The van der Waals surface area contributed by atoms with Gasteiger partial charge in [-0.05, 0) is 18.8 Å². The summed E-state index contributed by atoms with van der Waals surface area (Å²) >= 11 is 0. The van der Waals surface area contributed by atoms with Gasteiger partial charge in [0.05, 0.1) is 0 Å². The van der Waals surface area contributed by atoms with Crippen LogP contribution in [-0.2, 0) is 0 Å². The summed E-state index contributed by atoms with van der Waals surface area (Å²) in [5.74, 6) is 0.502. The fraction of sp³-hybridized carbons (Fsp3) is 0.714. The molecule has 0 amide bonds. The van der Waals surface area contributed by atoms with E-state index in [1.54, 1.807) is 0 Å². The van der Waals surface area contributed by atoms with Crippen molar-refractivity contribution < 1.29 is 0 Å². The molecule has 0 heterocycles. The maximum absolute atomic E-state index is 5.83. The average Bonchev–Trinajstić information content (AvgIpc) is 2.47. The Labute approximate surface area is 50.6 Å². The summed E-state index contributed by atoms with van der Waals surface area (Å²) in [6.07, 6.45) is 4.30. The van der Waals surface area contributed by atoms with Crippen molar-refractivity contribution in [1.29, 1.82) is 0 Å². The van der Waals surface area contributed by atoms with E-state index in [4.69, 9.17) is 5.73 Å². The van der Waals surface area contributed by atoms with Gasteiger partial charge in [0.2, 0.25) is 0 Å². The van der Waals surface area contributed by atoms with Gasteiger partial charge in [0.25, 0.3) is 0 Å². The molecule has 1 atom stereocenters. The summed E-state index contributed by atoms with van der Waals surface area (Å²) in [5, 5.41) is 0. The second-order valence-electron chi connectivity index (χ2n) is 2.76. The average molecular weight is 111 g/mol. The molecular weight excluding hydrogens is 98.1 g/mol.